The molecule has 1 N–H and O–H groups in total. The van der Waals surface area contributed by atoms with Gasteiger partial charge in [-0.05, 0) is 48.7 Å². The van der Waals surface area contributed by atoms with Crippen LogP contribution in [0.3, 0.4) is 0 Å². The molecule has 4 rings (SSSR count). The van der Waals surface area contributed by atoms with Gasteiger partial charge in [-0.3, -0.25) is 4.68 Å². The van der Waals surface area contributed by atoms with E-state index in [4.69, 9.17) is 21.1 Å². The minimum absolute atomic E-state index is 0.0830. The molecular formula is C26H27ClN2O3. The van der Waals surface area contributed by atoms with Crippen LogP contribution in [-0.2, 0) is 13.5 Å². The molecule has 0 bridgehead atoms. The number of benzene rings is 2. The molecule has 6 heteroatoms. The quantitative estimate of drug-likeness (QED) is 0.439. The second-order valence-corrected chi connectivity index (χ2v) is 8.80. The maximum atomic E-state index is 10.7. The van der Waals surface area contributed by atoms with Gasteiger partial charge in [-0.2, -0.15) is 5.10 Å². The Balaban J connectivity index is 1.51. The van der Waals surface area contributed by atoms with Crippen LogP contribution in [0.4, 0.5) is 0 Å². The molecule has 1 aromatic heterocycles. The molecule has 1 aliphatic rings. The lowest BCUT2D eigenvalue weighted by Crippen LogP contribution is -2.23. The molecule has 32 heavy (non-hydrogen) atoms. The summed E-state index contributed by atoms with van der Waals surface area (Å²) in [6.07, 6.45) is 9.52. The Labute approximate surface area is 193 Å². The van der Waals surface area contributed by atoms with Gasteiger partial charge in [-0.15, -0.1) is 0 Å². The monoisotopic (exact) mass is 450 g/mol. The Hall–Kier alpha value is -3.18. The number of allylic oxidation sites excluding steroid dienone is 3. The predicted octanol–water partition coefficient (Wildman–Crippen LogP) is 6.62. The first-order valence-electron chi connectivity index (χ1n) is 10.7. The zero-order chi connectivity index (χ0) is 22.7. The largest absolute Gasteiger partial charge is 0.507 e. The van der Waals surface area contributed by atoms with E-state index in [0.717, 1.165) is 23.6 Å². The summed E-state index contributed by atoms with van der Waals surface area (Å²) in [7, 11) is 1.82. The van der Waals surface area contributed by atoms with Gasteiger partial charge in [0.1, 0.15) is 22.9 Å². The van der Waals surface area contributed by atoms with Crippen LogP contribution in [0.5, 0.6) is 23.0 Å². The highest BCUT2D eigenvalue weighted by atomic mass is 35.5. The second-order valence-electron chi connectivity index (χ2n) is 8.36. The van der Waals surface area contributed by atoms with E-state index < -0.39 is 0 Å². The van der Waals surface area contributed by atoms with E-state index in [-0.39, 0.29) is 11.2 Å². The van der Waals surface area contributed by atoms with Crippen molar-refractivity contribution in [1.29, 1.82) is 0 Å². The number of hydrogen-bond acceptors (Lipinski definition) is 4. The number of phenols is 1. The molecule has 0 radical (unpaired) electrons. The first-order valence-corrected chi connectivity index (χ1v) is 11.0. The highest BCUT2D eigenvalue weighted by molar-refractivity contribution is 6.31. The Morgan fingerprint density at radius 2 is 1.91 bits per heavy atom. The van der Waals surface area contributed by atoms with Crippen LogP contribution >= 0.6 is 11.6 Å². The third-order valence-electron chi connectivity index (χ3n) is 5.56. The van der Waals surface area contributed by atoms with E-state index in [9.17, 15) is 5.11 Å². The first-order chi connectivity index (χ1) is 15.3. The Kier molecular flexibility index (Phi) is 6.28. The van der Waals surface area contributed by atoms with E-state index in [1.807, 2.05) is 49.5 Å². The number of phenolic OH excluding ortho intramolecular Hbond substituents is 1. The van der Waals surface area contributed by atoms with Crippen LogP contribution in [0, 0.1) is 5.41 Å². The van der Waals surface area contributed by atoms with Crippen molar-refractivity contribution in [2.45, 2.75) is 26.7 Å². The first kappa shape index (κ1) is 22.0. The van der Waals surface area contributed by atoms with Crippen molar-refractivity contribution in [1.82, 2.24) is 9.78 Å². The molecule has 1 heterocycles. The third kappa shape index (κ3) is 5.00. The molecular weight excluding hydrogens is 424 g/mol. The summed E-state index contributed by atoms with van der Waals surface area (Å²) < 4.78 is 13.7. The van der Waals surface area contributed by atoms with E-state index >= 15 is 0 Å². The molecule has 0 spiro atoms. The van der Waals surface area contributed by atoms with Gasteiger partial charge in [-0.25, -0.2) is 0 Å². The van der Waals surface area contributed by atoms with Gasteiger partial charge < -0.3 is 14.6 Å². The van der Waals surface area contributed by atoms with Crippen molar-refractivity contribution in [3.63, 3.8) is 0 Å². The minimum Gasteiger partial charge on any atom is -0.507 e. The number of aromatic hydroxyl groups is 1. The highest BCUT2D eigenvalue weighted by Gasteiger charge is 2.24. The van der Waals surface area contributed by atoms with Gasteiger partial charge in [0.05, 0.1) is 12.8 Å². The van der Waals surface area contributed by atoms with Crippen molar-refractivity contribution < 1.29 is 14.6 Å². The van der Waals surface area contributed by atoms with E-state index in [1.54, 1.807) is 23.0 Å². The summed E-state index contributed by atoms with van der Waals surface area (Å²) in [5.74, 6) is 1.97. The van der Waals surface area contributed by atoms with Crippen LogP contribution in [0.2, 0.25) is 0 Å². The fourth-order valence-electron chi connectivity index (χ4n) is 3.55. The summed E-state index contributed by atoms with van der Waals surface area (Å²) in [5.41, 5.74) is 2.26. The maximum Gasteiger partial charge on any atom is 0.173 e. The molecule has 1 atom stereocenters. The van der Waals surface area contributed by atoms with Crippen molar-refractivity contribution >= 4 is 11.6 Å². The second kappa shape index (κ2) is 9.13. The summed E-state index contributed by atoms with van der Waals surface area (Å²) in [6.45, 7) is 4.71. The predicted molar refractivity (Wildman–Crippen MR) is 127 cm³/mol. The fourth-order valence-corrected chi connectivity index (χ4v) is 3.69. The number of hydrogen-bond donors (Lipinski definition) is 1. The third-order valence-corrected chi connectivity index (χ3v) is 5.84. The Morgan fingerprint density at radius 1 is 1.16 bits per heavy atom. The van der Waals surface area contributed by atoms with Gasteiger partial charge in [0.15, 0.2) is 5.75 Å². The molecule has 1 unspecified atom stereocenters. The lowest BCUT2D eigenvalue weighted by molar-refractivity contribution is 0.206. The normalized spacial score (nSPS) is 17.8. The Morgan fingerprint density at radius 3 is 2.56 bits per heavy atom. The zero-order valence-corrected chi connectivity index (χ0v) is 19.3. The van der Waals surface area contributed by atoms with Crippen LogP contribution in [0.1, 0.15) is 25.8 Å². The molecule has 0 saturated heterocycles. The number of aryl methyl sites for hydroxylation is 2. The molecule has 3 aromatic rings. The van der Waals surface area contributed by atoms with Crippen molar-refractivity contribution in [3.05, 3.63) is 77.5 Å². The zero-order valence-electron chi connectivity index (χ0n) is 18.5. The van der Waals surface area contributed by atoms with Gasteiger partial charge >= 0.3 is 0 Å². The number of rotatable bonds is 7. The van der Waals surface area contributed by atoms with Crippen LogP contribution in [-0.4, -0.2) is 21.5 Å². The molecule has 5 nitrogen and oxygen atoms in total. The molecule has 0 amide bonds. The van der Waals surface area contributed by atoms with Gasteiger partial charge in [0, 0.05) is 29.1 Å². The number of nitrogens with zero attached hydrogens (tertiary/aromatic N) is 2. The SMILES string of the molecule is CCc1ccc(Oc2cn(C)nc2-c2ccc(OCC3(C)C=CC(Cl)=CC3)cc2O)cc1. The van der Waals surface area contributed by atoms with Gasteiger partial charge in [0.2, 0.25) is 0 Å². The lowest BCUT2D eigenvalue weighted by Gasteiger charge is -2.27. The van der Waals surface area contributed by atoms with Crippen LogP contribution < -0.4 is 9.47 Å². The van der Waals surface area contributed by atoms with Crippen molar-refractivity contribution in [3.8, 4) is 34.3 Å². The molecule has 2 aromatic carbocycles. The van der Waals surface area contributed by atoms with Crippen molar-refractivity contribution in [2.24, 2.45) is 12.5 Å². The molecule has 0 fully saturated rings. The Bertz CT molecular complexity index is 1160. The lowest BCUT2D eigenvalue weighted by atomic mass is 9.85. The summed E-state index contributed by atoms with van der Waals surface area (Å²) >= 11 is 6.02. The molecule has 166 valence electrons. The number of ether oxygens (including phenoxy) is 2. The molecule has 1 aliphatic carbocycles. The molecule has 0 saturated carbocycles. The van der Waals surface area contributed by atoms with Crippen LogP contribution in [0.25, 0.3) is 11.3 Å². The fraction of sp³-hybridized carbons (Fsp3) is 0.269. The highest BCUT2D eigenvalue weighted by Crippen LogP contribution is 2.39. The standard InChI is InChI=1S/C26H27ClN2O3/c1-4-18-5-7-20(8-6-18)32-24-16-29(3)28-25(24)22-10-9-21(15-23(22)30)31-17-26(2)13-11-19(27)12-14-26/h5-13,15-16,30H,4,14,17H2,1-3H3. The van der Waals surface area contributed by atoms with Gasteiger partial charge in [-0.1, -0.05) is 49.7 Å². The average Bonchev–Trinajstić information content (AvgIpc) is 3.15. The smallest absolute Gasteiger partial charge is 0.173 e. The average molecular weight is 451 g/mol. The van der Waals surface area contributed by atoms with E-state index in [0.29, 0.717) is 29.4 Å². The van der Waals surface area contributed by atoms with Crippen molar-refractivity contribution in [2.75, 3.05) is 6.61 Å². The summed E-state index contributed by atoms with van der Waals surface area (Å²) in [5, 5.41) is 16.0. The van der Waals surface area contributed by atoms with E-state index in [1.165, 1.54) is 5.56 Å². The maximum absolute atomic E-state index is 10.7. The number of halogens is 1. The summed E-state index contributed by atoms with van der Waals surface area (Å²) in [4.78, 5) is 0. The minimum atomic E-state index is -0.137. The number of aromatic nitrogens is 2. The van der Waals surface area contributed by atoms with E-state index in [2.05, 4.69) is 25.0 Å². The topological polar surface area (TPSA) is 56.5 Å². The molecule has 0 aliphatic heterocycles. The van der Waals surface area contributed by atoms with Gasteiger partial charge in [0.25, 0.3) is 0 Å². The van der Waals surface area contributed by atoms with Crippen LogP contribution in [0.15, 0.2) is 71.9 Å². The summed E-state index contributed by atoms with van der Waals surface area (Å²) in [6, 6.07) is 13.2.